The van der Waals surface area contributed by atoms with Gasteiger partial charge in [0.1, 0.15) is 5.82 Å². The average molecular weight is 272 g/mol. The van der Waals surface area contributed by atoms with Gasteiger partial charge in [-0.05, 0) is 37.6 Å². The van der Waals surface area contributed by atoms with Crippen LogP contribution in [0.3, 0.4) is 0 Å². The van der Waals surface area contributed by atoms with Gasteiger partial charge >= 0.3 is 0 Å². The molecule has 0 aliphatic carbocycles. The molecule has 2 aromatic carbocycles. The zero-order valence-corrected chi connectivity index (χ0v) is 12.2. The molecule has 0 heterocycles. The molecule has 2 aromatic rings. The highest BCUT2D eigenvalue weighted by molar-refractivity contribution is 5.49. The summed E-state index contributed by atoms with van der Waals surface area (Å²) in [4.78, 5) is 2.06. The molecule has 2 nitrogen and oxygen atoms in total. The van der Waals surface area contributed by atoms with Crippen LogP contribution in [0.4, 0.5) is 10.1 Å². The van der Waals surface area contributed by atoms with E-state index in [4.69, 9.17) is 5.73 Å². The normalized spacial score (nSPS) is 13.8. The van der Waals surface area contributed by atoms with Crippen molar-refractivity contribution in [3.63, 3.8) is 0 Å². The molecular formula is C17H21FN2. The van der Waals surface area contributed by atoms with Gasteiger partial charge in [-0.15, -0.1) is 0 Å². The zero-order valence-electron chi connectivity index (χ0n) is 12.2. The predicted octanol–water partition coefficient (Wildman–Crippen LogP) is 4.04. The maximum Gasteiger partial charge on any atom is 0.128 e. The van der Waals surface area contributed by atoms with Crippen LogP contribution in [0.2, 0.25) is 0 Å². The molecule has 0 saturated carbocycles. The van der Waals surface area contributed by atoms with E-state index in [1.165, 1.54) is 6.07 Å². The number of benzene rings is 2. The van der Waals surface area contributed by atoms with Crippen molar-refractivity contribution in [2.75, 3.05) is 11.9 Å². The highest BCUT2D eigenvalue weighted by Crippen LogP contribution is 2.27. The van der Waals surface area contributed by atoms with Gasteiger partial charge in [-0.25, -0.2) is 4.39 Å². The summed E-state index contributed by atoms with van der Waals surface area (Å²) in [6.45, 7) is 3.96. The second-order valence-electron chi connectivity index (χ2n) is 5.19. The molecule has 0 spiro atoms. The van der Waals surface area contributed by atoms with Gasteiger partial charge < -0.3 is 10.6 Å². The Balaban J connectivity index is 2.22. The molecule has 0 aliphatic rings. The molecule has 0 aromatic heterocycles. The smallest absolute Gasteiger partial charge is 0.128 e. The third-order valence-corrected chi connectivity index (χ3v) is 3.76. The van der Waals surface area contributed by atoms with Crippen molar-refractivity contribution in [3.8, 4) is 0 Å². The Kier molecular flexibility index (Phi) is 4.40. The molecule has 2 N–H and O–H groups in total. The minimum Gasteiger partial charge on any atom is -0.368 e. The van der Waals surface area contributed by atoms with Gasteiger partial charge in [0.05, 0.1) is 6.04 Å². The van der Waals surface area contributed by atoms with Crippen molar-refractivity contribution in [2.45, 2.75) is 25.9 Å². The molecule has 0 saturated heterocycles. The molecule has 0 fully saturated rings. The number of nitrogens with zero attached hydrogens (tertiary/aromatic N) is 1. The van der Waals surface area contributed by atoms with E-state index in [0.717, 1.165) is 11.3 Å². The first-order chi connectivity index (χ1) is 9.50. The second kappa shape index (κ2) is 6.06. The van der Waals surface area contributed by atoms with Crippen molar-refractivity contribution in [1.82, 2.24) is 0 Å². The number of hydrogen-bond acceptors (Lipinski definition) is 2. The molecule has 20 heavy (non-hydrogen) atoms. The van der Waals surface area contributed by atoms with E-state index in [0.29, 0.717) is 5.56 Å². The highest BCUT2D eigenvalue weighted by Gasteiger charge is 2.15. The first-order valence-electron chi connectivity index (χ1n) is 6.83. The third-order valence-electron chi connectivity index (χ3n) is 3.76. The quantitative estimate of drug-likeness (QED) is 0.910. The molecule has 106 valence electrons. The lowest BCUT2D eigenvalue weighted by Crippen LogP contribution is -2.22. The van der Waals surface area contributed by atoms with E-state index < -0.39 is 0 Å². The van der Waals surface area contributed by atoms with Crippen molar-refractivity contribution < 1.29 is 4.39 Å². The maximum absolute atomic E-state index is 13.8. The van der Waals surface area contributed by atoms with Crippen LogP contribution in [0.25, 0.3) is 0 Å². The van der Waals surface area contributed by atoms with Crippen molar-refractivity contribution in [1.29, 1.82) is 0 Å². The van der Waals surface area contributed by atoms with Crippen LogP contribution >= 0.6 is 0 Å². The molecular weight excluding hydrogens is 251 g/mol. The SMILES string of the molecule is CC(N)c1ccc(N(C)C(C)c2ccccc2F)cc1. The summed E-state index contributed by atoms with van der Waals surface area (Å²) in [7, 11) is 1.97. The van der Waals surface area contributed by atoms with E-state index in [2.05, 4.69) is 4.90 Å². The summed E-state index contributed by atoms with van der Waals surface area (Å²) in [5, 5.41) is 0. The largest absolute Gasteiger partial charge is 0.368 e. The number of hydrogen-bond donors (Lipinski definition) is 1. The standard InChI is InChI=1S/C17H21FN2/c1-12(19)14-8-10-15(11-9-14)20(3)13(2)16-6-4-5-7-17(16)18/h4-13H,19H2,1-3H3. The van der Waals surface area contributed by atoms with Crippen molar-refractivity contribution >= 4 is 5.69 Å². The molecule has 0 amide bonds. The van der Waals surface area contributed by atoms with Gasteiger partial charge in [0.15, 0.2) is 0 Å². The first-order valence-corrected chi connectivity index (χ1v) is 6.83. The lowest BCUT2D eigenvalue weighted by molar-refractivity contribution is 0.585. The minimum absolute atomic E-state index is 0.0262. The van der Waals surface area contributed by atoms with Crippen LogP contribution < -0.4 is 10.6 Å². The Morgan fingerprint density at radius 1 is 1.00 bits per heavy atom. The van der Waals surface area contributed by atoms with Crippen LogP contribution in [0.15, 0.2) is 48.5 Å². The molecule has 0 radical (unpaired) electrons. The van der Waals surface area contributed by atoms with Gasteiger partial charge in [0.2, 0.25) is 0 Å². The van der Waals surface area contributed by atoms with Crippen LogP contribution in [0.5, 0.6) is 0 Å². The average Bonchev–Trinajstić information content (AvgIpc) is 2.46. The van der Waals surface area contributed by atoms with Crippen LogP contribution in [0, 0.1) is 5.82 Å². The number of halogens is 1. The van der Waals surface area contributed by atoms with Crippen LogP contribution in [-0.2, 0) is 0 Å². The fraction of sp³-hybridized carbons (Fsp3) is 0.294. The Bertz CT molecular complexity index is 563. The number of rotatable bonds is 4. The Hall–Kier alpha value is -1.87. The first kappa shape index (κ1) is 14.5. The van der Waals surface area contributed by atoms with E-state index in [1.807, 2.05) is 57.3 Å². The molecule has 3 heteroatoms. The number of anilines is 1. The third kappa shape index (κ3) is 2.99. The lowest BCUT2D eigenvalue weighted by atomic mass is 10.0. The van der Waals surface area contributed by atoms with E-state index in [9.17, 15) is 4.39 Å². The second-order valence-corrected chi connectivity index (χ2v) is 5.19. The summed E-state index contributed by atoms with van der Waals surface area (Å²) < 4.78 is 13.8. The van der Waals surface area contributed by atoms with Gasteiger partial charge in [-0.1, -0.05) is 30.3 Å². The number of nitrogens with two attached hydrogens (primary N) is 1. The summed E-state index contributed by atoms with van der Waals surface area (Å²) in [6, 6.07) is 15.0. The Morgan fingerprint density at radius 3 is 2.15 bits per heavy atom. The molecule has 2 rings (SSSR count). The molecule has 0 aliphatic heterocycles. The molecule has 2 unspecified atom stereocenters. The lowest BCUT2D eigenvalue weighted by Gasteiger charge is -2.28. The van der Waals surface area contributed by atoms with E-state index in [-0.39, 0.29) is 17.9 Å². The summed E-state index contributed by atoms with van der Waals surface area (Å²) >= 11 is 0. The van der Waals surface area contributed by atoms with Crippen molar-refractivity contribution in [2.24, 2.45) is 5.73 Å². The van der Waals surface area contributed by atoms with Gasteiger partial charge in [0.25, 0.3) is 0 Å². The fourth-order valence-electron chi connectivity index (χ4n) is 2.26. The maximum atomic E-state index is 13.8. The van der Waals surface area contributed by atoms with Crippen molar-refractivity contribution in [3.05, 3.63) is 65.5 Å². The van der Waals surface area contributed by atoms with E-state index >= 15 is 0 Å². The van der Waals surface area contributed by atoms with Gasteiger partial charge in [-0.2, -0.15) is 0 Å². The highest BCUT2D eigenvalue weighted by atomic mass is 19.1. The monoisotopic (exact) mass is 272 g/mol. The minimum atomic E-state index is -0.168. The fourth-order valence-corrected chi connectivity index (χ4v) is 2.26. The van der Waals surface area contributed by atoms with Crippen LogP contribution in [-0.4, -0.2) is 7.05 Å². The van der Waals surface area contributed by atoms with Gasteiger partial charge in [-0.3, -0.25) is 0 Å². The summed E-state index contributed by atoms with van der Waals surface area (Å²) in [6.07, 6.45) is 0. The Morgan fingerprint density at radius 2 is 1.60 bits per heavy atom. The summed E-state index contributed by atoms with van der Waals surface area (Å²) in [5.41, 5.74) is 8.69. The predicted molar refractivity (Wildman–Crippen MR) is 82.3 cm³/mol. The molecule has 0 bridgehead atoms. The summed E-state index contributed by atoms with van der Waals surface area (Å²) in [5.74, 6) is -0.168. The van der Waals surface area contributed by atoms with E-state index in [1.54, 1.807) is 6.07 Å². The van der Waals surface area contributed by atoms with Crippen LogP contribution in [0.1, 0.15) is 37.1 Å². The topological polar surface area (TPSA) is 29.3 Å². The van der Waals surface area contributed by atoms with Gasteiger partial charge in [0, 0.05) is 24.3 Å². The molecule has 2 atom stereocenters. The zero-order chi connectivity index (χ0) is 14.7. The Labute approximate surface area is 120 Å².